The van der Waals surface area contributed by atoms with E-state index in [9.17, 15) is 0 Å². The molecule has 1 aliphatic heterocycles. The minimum Gasteiger partial charge on any atom is -0.312 e. The van der Waals surface area contributed by atoms with Crippen molar-refractivity contribution >= 4 is 0 Å². The second kappa shape index (κ2) is 8.26. The monoisotopic (exact) mass is 268 g/mol. The lowest BCUT2D eigenvalue weighted by Gasteiger charge is -2.50. The number of piperidine rings is 1. The molecule has 19 heavy (non-hydrogen) atoms. The third-order valence-corrected chi connectivity index (χ3v) is 5.20. The van der Waals surface area contributed by atoms with Crippen molar-refractivity contribution in [3.8, 4) is 0 Å². The summed E-state index contributed by atoms with van der Waals surface area (Å²) in [6.07, 6.45) is 8.07. The topological polar surface area (TPSA) is 15.3 Å². The summed E-state index contributed by atoms with van der Waals surface area (Å²) in [5, 5.41) is 3.81. The molecular weight excluding hydrogens is 232 g/mol. The molecule has 0 aromatic rings. The smallest absolute Gasteiger partial charge is 0.0334 e. The summed E-state index contributed by atoms with van der Waals surface area (Å²) >= 11 is 0. The summed E-state index contributed by atoms with van der Waals surface area (Å²) in [6, 6.07) is 0.626. The minimum atomic E-state index is 0.324. The zero-order chi connectivity index (χ0) is 14.3. The Morgan fingerprint density at radius 1 is 1.11 bits per heavy atom. The van der Waals surface area contributed by atoms with Crippen molar-refractivity contribution in [1.82, 2.24) is 10.2 Å². The highest BCUT2D eigenvalue weighted by Gasteiger charge is 2.40. The van der Waals surface area contributed by atoms with Gasteiger partial charge in [-0.2, -0.15) is 0 Å². The number of likely N-dealkylation sites (N-methyl/N-ethyl adjacent to an activating group) is 1. The molecule has 0 spiro atoms. The molecule has 0 aliphatic carbocycles. The number of nitrogens with zero attached hydrogens (tertiary/aromatic N) is 1. The van der Waals surface area contributed by atoms with Crippen LogP contribution in [0.5, 0.6) is 0 Å². The molecule has 1 N–H and O–H groups in total. The molecule has 1 fully saturated rings. The molecule has 2 nitrogen and oxygen atoms in total. The molecule has 1 heterocycles. The van der Waals surface area contributed by atoms with E-state index in [0.29, 0.717) is 11.6 Å². The van der Waals surface area contributed by atoms with Crippen LogP contribution in [-0.2, 0) is 0 Å². The lowest BCUT2D eigenvalue weighted by atomic mass is 9.78. The molecule has 3 atom stereocenters. The first-order chi connectivity index (χ1) is 9.10. The van der Waals surface area contributed by atoms with Gasteiger partial charge < -0.3 is 5.32 Å². The molecule has 0 radical (unpaired) electrons. The highest BCUT2D eigenvalue weighted by Crippen LogP contribution is 2.32. The van der Waals surface area contributed by atoms with E-state index in [0.717, 1.165) is 12.5 Å². The number of hydrogen-bond acceptors (Lipinski definition) is 2. The van der Waals surface area contributed by atoms with Crippen LogP contribution in [0.15, 0.2) is 0 Å². The van der Waals surface area contributed by atoms with Crippen LogP contribution in [0.1, 0.15) is 73.1 Å². The predicted molar refractivity (Wildman–Crippen MR) is 85.7 cm³/mol. The zero-order valence-corrected chi connectivity index (χ0v) is 14.0. The van der Waals surface area contributed by atoms with Crippen molar-refractivity contribution in [3.05, 3.63) is 0 Å². The van der Waals surface area contributed by atoms with E-state index < -0.39 is 0 Å². The van der Waals surface area contributed by atoms with Gasteiger partial charge >= 0.3 is 0 Å². The molecule has 2 heteroatoms. The highest BCUT2D eigenvalue weighted by molar-refractivity contribution is 4.99. The Labute approximate surface area is 121 Å². The number of rotatable bonds is 8. The normalized spacial score (nSPS) is 23.8. The Bertz CT molecular complexity index is 235. The number of nitrogens with one attached hydrogen (secondary N) is 1. The molecule has 114 valence electrons. The molecule has 0 amide bonds. The van der Waals surface area contributed by atoms with Gasteiger partial charge in [0.15, 0.2) is 0 Å². The summed E-state index contributed by atoms with van der Waals surface area (Å²) in [4.78, 5) is 2.77. The molecule has 3 unspecified atom stereocenters. The first-order valence-corrected chi connectivity index (χ1v) is 8.58. The van der Waals surface area contributed by atoms with Gasteiger partial charge in [0.25, 0.3) is 0 Å². The first kappa shape index (κ1) is 17.0. The van der Waals surface area contributed by atoms with Gasteiger partial charge in [-0.1, -0.05) is 40.5 Å². The molecule has 1 saturated heterocycles. The van der Waals surface area contributed by atoms with Gasteiger partial charge in [0.2, 0.25) is 0 Å². The van der Waals surface area contributed by atoms with E-state index in [-0.39, 0.29) is 0 Å². The molecule has 0 saturated carbocycles. The standard InChI is InChI=1S/C17H36N2/c1-6-12-15(4)16(18-8-3)17(5,7-2)19-13-10-9-11-14-19/h15-16,18H,6-14H2,1-5H3. The van der Waals surface area contributed by atoms with Crippen LogP contribution < -0.4 is 5.32 Å². The summed E-state index contributed by atoms with van der Waals surface area (Å²) < 4.78 is 0. The zero-order valence-electron chi connectivity index (χ0n) is 14.0. The second-order valence-electron chi connectivity index (χ2n) is 6.56. The SMILES string of the molecule is CCCC(C)C(NCC)C(C)(CC)N1CCCCC1. The van der Waals surface area contributed by atoms with Gasteiger partial charge in [-0.3, -0.25) is 4.90 Å². The molecule has 0 aromatic heterocycles. The second-order valence-corrected chi connectivity index (χ2v) is 6.56. The summed E-state index contributed by atoms with van der Waals surface area (Å²) in [7, 11) is 0. The fourth-order valence-corrected chi connectivity index (χ4v) is 3.92. The van der Waals surface area contributed by atoms with E-state index in [2.05, 4.69) is 44.8 Å². The largest absolute Gasteiger partial charge is 0.312 e. The van der Waals surface area contributed by atoms with E-state index in [4.69, 9.17) is 0 Å². The van der Waals surface area contributed by atoms with E-state index >= 15 is 0 Å². The van der Waals surface area contributed by atoms with Crippen LogP contribution in [0.25, 0.3) is 0 Å². The van der Waals surface area contributed by atoms with Crippen LogP contribution in [-0.4, -0.2) is 36.1 Å². The maximum absolute atomic E-state index is 3.81. The minimum absolute atomic E-state index is 0.324. The van der Waals surface area contributed by atoms with E-state index in [1.54, 1.807) is 0 Å². The van der Waals surface area contributed by atoms with Crippen LogP contribution in [0, 0.1) is 5.92 Å². The fraction of sp³-hybridized carbons (Fsp3) is 1.00. The highest BCUT2D eigenvalue weighted by atomic mass is 15.2. The van der Waals surface area contributed by atoms with Gasteiger partial charge in [0.1, 0.15) is 0 Å². The Morgan fingerprint density at radius 3 is 2.21 bits per heavy atom. The van der Waals surface area contributed by atoms with E-state index in [1.807, 2.05) is 0 Å². The number of hydrogen-bond donors (Lipinski definition) is 1. The molecular formula is C17H36N2. The Hall–Kier alpha value is -0.0800. The summed E-state index contributed by atoms with van der Waals surface area (Å²) in [5.74, 6) is 0.761. The summed E-state index contributed by atoms with van der Waals surface area (Å²) in [6.45, 7) is 15.5. The average molecular weight is 268 g/mol. The predicted octanol–water partition coefficient (Wildman–Crippen LogP) is 4.06. The van der Waals surface area contributed by atoms with E-state index in [1.165, 1.54) is 51.6 Å². The Kier molecular flexibility index (Phi) is 7.38. The molecule has 1 aliphatic rings. The first-order valence-electron chi connectivity index (χ1n) is 8.58. The van der Waals surface area contributed by atoms with Gasteiger partial charge in [-0.05, 0) is 58.2 Å². The molecule has 0 bridgehead atoms. The maximum Gasteiger partial charge on any atom is 0.0334 e. The molecule has 1 rings (SSSR count). The Balaban J connectivity index is 2.85. The quantitative estimate of drug-likeness (QED) is 0.714. The third kappa shape index (κ3) is 4.19. The van der Waals surface area contributed by atoms with Crippen molar-refractivity contribution in [3.63, 3.8) is 0 Å². The van der Waals surface area contributed by atoms with Crippen molar-refractivity contribution in [2.24, 2.45) is 5.92 Å². The van der Waals surface area contributed by atoms with Crippen molar-refractivity contribution < 1.29 is 0 Å². The number of likely N-dealkylation sites (tertiary alicyclic amines) is 1. The lowest BCUT2D eigenvalue weighted by molar-refractivity contribution is 0.0246. The van der Waals surface area contributed by atoms with Gasteiger partial charge in [-0.15, -0.1) is 0 Å². The van der Waals surface area contributed by atoms with Gasteiger partial charge in [-0.25, -0.2) is 0 Å². The average Bonchev–Trinajstić information content (AvgIpc) is 2.45. The third-order valence-electron chi connectivity index (χ3n) is 5.20. The van der Waals surface area contributed by atoms with Gasteiger partial charge in [0, 0.05) is 11.6 Å². The van der Waals surface area contributed by atoms with Crippen molar-refractivity contribution in [2.45, 2.75) is 84.7 Å². The molecule has 0 aromatic carbocycles. The lowest BCUT2D eigenvalue weighted by Crippen LogP contribution is -2.62. The van der Waals surface area contributed by atoms with Crippen LogP contribution in [0.2, 0.25) is 0 Å². The van der Waals surface area contributed by atoms with Crippen LogP contribution in [0.3, 0.4) is 0 Å². The van der Waals surface area contributed by atoms with Gasteiger partial charge in [0.05, 0.1) is 0 Å². The maximum atomic E-state index is 3.81. The fourth-order valence-electron chi connectivity index (χ4n) is 3.92. The Morgan fingerprint density at radius 2 is 1.74 bits per heavy atom. The summed E-state index contributed by atoms with van der Waals surface area (Å²) in [5.41, 5.74) is 0.324. The van der Waals surface area contributed by atoms with Crippen LogP contribution in [0.4, 0.5) is 0 Å². The van der Waals surface area contributed by atoms with Crippen molar-refractivity contribution in [2.75, 3.05) is 19.6 Å². The van der Waals surface area contributed by atoms with Crippen LogP contribution >= 0.6 is 0 Å². The van der Waals surface area contributed by atoms with Crippen molar-refractivity contribution in [1.29, 1.82) is 0 Å².